The molecule has 3 atom stereocenters. The molecule has 1 aromatic rings. The molecule has 0 bridgehead atoms. The number of benzene rings is 1. The van der Waals surface area contributed by atoms with Crippen LogP contribution in [0.2, 0.25) is 0 Å². The van der Waals surface area contributed by atoms with E-state index in [1.807, 2.05) is 32.0 Å². The van der Waals surface area contributed by atoms with Crippen LogP contribution in [0.1, 0.15) is 96.7 Å². The first kappa shape index (κ1) is 27.6. The number of carbonyl (C=O) groups is 1. The van der Waals surface area contributed by atoms with E-state index in [2.05, 4.69) is 37.9 Å². The lowest BCUT2D eigenvalue weighted by atomic mass is 9.83. The number of aliphatic hydroxyl groups is 1. The van der Waals surface area contributed by atoms with Crippen molar-refractivity contribution in [3.05, 3.63) is 29.3 Å². The van der Waals surface area contributed by atoms with Gasteiger partial charge in [-0.3, -0.25) is 4.79 Å². The van der Waals surface area contributed by atoms with Gasteiger partial charge >= 0.3 is 0 Å². The number of ether oxygens (including phenoxy) is 1. The topological polar surface area (TPSA) is 87.8 Å². The predicted octanol–water partition coefficient (Wildman–Crippen LogP) is 4.37. The summed E-state index contributed by atoms with van der Waals surface area (Å²) in [5, 5.41) is 14.8. The third kappa shape index (κ3) is 7.17. The zero-order valence-corrected chi connectivity index (χ0v) is 21.7. The van der Waals surface area contributed by atoms with Gasteiger partial charge in [0.1, 0.15) is 17.5 Å². The molecule has 1 aromatic carbocycles. The van der Waals surface area contributed by atoms with Crippen LogP contribution in [0.25, 0.3) is 0 Å². The number of nitrogens with one attached hydrogen (secondary N) is 1. The van der Waals surface area contributed by atoms with E-state index in [1.54, 1.807) is 0 Å². The zero-order valence-electron chi connectivity index (χ0n) is 21.7. The minimum Gasteiger partial charge on any atom is -0.485 e. The molecule has 0 saturated carbocycles. The van der Waals surface area contributed by atoms with Gasteiger partial charge in [0.2, 0.25) is 5.91 Å². The van der Waals surface area contributed by atoms with Gasteiger partial charge in [0, 0.05) is 5.56 Å². The van der Waals surface area contributed by atoms with Crippen LogP contribution in [-0.4, -0.2) is 53.8 Å². The molecular formula is C27H47N3O3. The molecule has 0 spiro atoms. The van der Waals surface area contributed by atoms with Crippen molar-refractivity contribution in [3.8, 4) is 5.75 Å². The molecule has 2 rings (SSSR count). The van der Waals surface area contributed by atoms with Gasteiger partial charge in [0.05, 0.1) is 12.0 Å². The highest BCUT2D eigenvalue weighted by molar-refractivity contribution is 5.82. The van der Waals surface area contributed by atoms with Crippen molar-refractivity contribution in [1.29, 1.82) is 0 Å². The first-order valence-electron chi connectivity index (χ1n) is 12.9. The summed E-state index contributed by atoms with van der Waals surface area (Å²) in [6, 6.07) is 5.67. The second-order valence-electron chi connectivity index (χ2n) is 10.0. The van der Waals surface area contributed by atoms with Gasteiger partial charge in [0.15, 0.2) is 0 Å². The Morgan fingerprint density at radius 3 is 2.48 bits per heavy atom. The number of rotatable bonds is 14. The van der Waals surface area contributed by atoms with Crippen molar-refractivity contribution in [2.75, 3.05) is 26.2 Å². The van der Waals surface area contributed by atoms with Crippen molar-refractivity contribution in [2.24, 2.45) is 11.7 Å². The predicted molar refractivity (Wildman–Crippen MR) is 136 cm³/mol. The molecule has 1 amide bonds. The van der Waals surface area contributed by atoms with Gasteiger partial charge in [-0.15, -0.1) is 0 Å². The highest BCUT2D eigenvalue weighted by atomic mass is 16.5. The third-order valence-electron chi connectivity index (χ3n) is 7.31. The van der Waals surface area contributed by atoms with Crippen molar-refractivity contribution in [1.82, 2.24) is 10.2 Å². The SMILES string of the molecule is CCCCN(CC)CCC(C(N)=O)c1ccc2c(c1)C(NCC(CC)CC)C(O)C(C)(C)O2. The molecule has 0 saturated heterocycles. The summed E-state index contributed by atoms with van der Waals surface area (Å²) in [7, 11) is 0. The van der Waals surface area contributed by atoms with Crippen LogP contribution in [0, 0.1) is 5.92 Å². The van der Waals surface area contributed by atoms with Crippen LogP contribution in [0.3, 0.4) is 0 Å². The van der Waals surface area contributed by atoms with Crippen LogP contribution in [0.15, 0.2) is 18.2 Å². The number of fused-ring (bicyclic) bond motifs is 1. The average Bonchev–Trinajstić information content (AvgIpc) is 2.78. The lowest BCUT2D eigenvalue weighted by Gasteiger charge is -2.43. The number of carbonyl (C=O) groups excluding carboxylic acids is 1. The molecular weight excluding hydrogens is 414 g/mol. The Bertz CT molecular complexity index is 748. The summed E-state index contributed by atoms with van der Waals surface area (Å²) in [6.45, 7) is 16.3. The molecule has 1 aliphatic rings. The molecule has 0 aromatic heterocycles. The number of unbranched alkanes of at least 4 members (excludes halogenated alkanes) is 1. The van der Waals surface area contributed by atoms with E-state index >= 15 is 0 Å². The fourth-order valence-corrected chi connectivity index (χ4v) is 4.72. The molecule has 4 N–H and O–H groups in total. The number of amides is 1. The summed E-state index contributed by atoms with van der Waals surface area (Å²) >= 11 is 0. The number of aliphatic hydroxyl groups excluding tert-OH is 1. The number of nitrogens with zero attached hydrogens (tertiary/aromatic N) is 1. The molecule has 0 fully saturated rings. The highest BCUT2D eigenvalue weighted by Crippen LogP contribution is 2.41. The monoisotopic (exact) mass is 461 g/mol. The summed E-state index contributed by atoms with van der Waals surface area (Å²) in [6.07, 6.45) is 4.48. The molecule has 33 heavy (non-hydrogen) atoms. The van der Waals surface area contributed by atoms with Gasteiger partial charge in [-0.25, -0.2) is 0 Å². The van der Waals surface area contributed by atoms with Crippen molar-refractivity contribution in [3.63, 3.8) is 0 Å². The van der Waals surface area contributed by atoms with E-state index in [-0.39, 0.29) is 17.9 Å². The average molecular weight is 462 g/mol. The first-order chi connectivity index (χ1) is 15.7. The van der Waals surface area contributed by atoms with Gasteiger partial charge in [-0.1, -0.05) is 53.0 Å². The third-order valence-corrected chi connectivity index (χ3v) is 7.31. The number of hydrogen-bond acceptors (Lipinski definition) is 5. The van der Waals surface area contributed by atoms with E-state index in [0.717, 1.165) is 68.7 Å². The maximum Gasteiger partial charge on any atom is 0.225 e. The Morgan fingerprint density at radius 1 is 1.21 bits per heavy atom. The molecule has 1 aliphatic heterocycles. The zero-order chi connectivity index (χ0) is 24.6. The maximum atomic E-state index is 12.4. The summed E-state index contributed by atoms with van der Waals surface area (Å²) in [4.78, 5) is 14.8. The second kappa shape index (κ2) is 12.7. The van der Waals surface area contributed by atoms with Crippen molar-refractivity contribution < 1.29 is 14.6 Å². The van der Waals surface area contributed by atoms with Crippen LogP contribution < -0.4 is 15.8 Å². The Kier molecular flexibility index (Phi) is 10.6. The Hall–Kier alpha value is -1.63. The number of nitrogens with two attached hydrogens (primary N) is 1. The summed E-state index contributed by atoms with van der Waals surface area (Å²) in [5.41, 5.74) is 6.97. The minimum absolute atomic E-state index is 0.255. The van der Waals surface area contributed by atoms with E-state index in [1.165, 1.54) is 0 Å². The molecule has 0 radical (unpaired) electrons. The molecule has 3 unspecified atom stereocenters. The number of hydrogen-bond donors (Lipinski definition) is 3. The summed E-state index contributed by atoms with van der Waals surface area (Å²) < 4.78 is 6.16. The highest BCUT2D eigenvalue weighted by Gasteiger charge is 2.43. The van der Waals surface area contributed by atoms with Gasteiger partial charge < -0.3 is 25.8 Å². The van der Waals surface area contributed by atoms with E-state index in [9.17, 15) is 9.90 Å². The fraction of sp³-hybridized carbons (Fsp3) is 0.741. The van der Waals surface area contributed by atoms with Crippen molar-refractivity contribution in [2.45, 2.75) is 97.3 Å². The smallest absolute Gasteiger partial charge is 0.225 e. The van der Waals surface area contributed by atoms with Crippen LogP contribution in [-0.2, 0) is 4.79 Å². The Balaban J connectivity index is 2.30. The fourth-order valence-electron chi connectivity index (χ4n) is 4.72. The van der Waals surface area contributed by atoms with Crippen LogP contribution in [0.5, 0.6) is 5.75 Å². The normalized spacial score (nSPS) is 20.5. The molecule has 0 aliphatic carbocycles. The van der Waals surface area contributed by atoms with E-state index in [0.29, 0.717) is 12.3 Å². The molecule has 6 heteroatoms. The van der Waals surface area contributed by atoms with Crippen LogP contribution in [0.4, 0.5) is 0 Å². The second-order valence-corrected chi connectivity index (χ2v) is 10.0. The standard InChI is InChI=1S/C27H47N3O3/c1-7-11-15-30(10-4)16-14-21(26(28)32)20-12-13-23-22(17-20)24(25(31)27(5,6)33-23)29-18-19(8-2)9-3/h12-13,17,19,21,24-25,29,31H,7-11,14-16,18H2,1-6H3,(H2,28,32). The number of primary amides is 1. The maximum absolute atomic E-state index is 12.4. The largest absolute Gasteiger partial charge is 0.485 e. The lowest BCUT2D eigenvalue weighted by molar-refractivity contribution is -0.119. The van der Waals surface area contributed by atoms with Crippen molar-refractivity contribution >= 4 is 5.91 Å². The van der Waals surface area contributed by atoms with Crippen LogP contribution >= 0.6 is 0 Å². The van der Waals surface area contributed by atoms with E-state index in [4.69, 9.17) is 10.5 Å². The molecule has 6 nitrogen and oxygen atoms in total. The molecule has 188 valence electrons. The first-order valence-corrected chi connectivity index (χ1v) is 12.9. The quantitative estimate of drug-likeness (QED) is 0.383. The van der Waals surface area contributed by atoms with Gasteiger partial charge in [-0.2, -0.15) is 0 Å². The lowest BCUT2D eigenvalue weighted by Crippen LogP contribution is -2.53. The van der Waals surface area contributed by atoms with Gasteiger partial charge in [0.25, 0.3) is 0 Å². The van der Waals surface area contributed by atoms with E-state index < -0.39 is 11.7 Å². The van der Waals surface area contributed by atoms with Gasteiger partial charge in [-0.05, 0) is 76.5 Å². The minimum atomic E-state index is -0.704. The Morgan fingerprint density at radius 2 is 1.91 bits per heavy atom. The Labute approximate surface area is 201 Å². The molecule has 1 heterocycles. The summed E-state index contributed by atoms with van der Waals surface area (Å²) in [5.74, 6) is 0.645.